The van der Waals surface area contributed by atoms with E-state index in [0.717, 1.165) is 45.1 Å². The fourth-order valence-electron chi connectivity index (χ4n) is 4.11. The van der Waals surface area contributed by atoms with Gasteiger partial charge in [0.05, 0.1) is 20.4 Å². The summed E-state index contributed by atoms with van der Waals surface area (Å²) in [5.74, 6) is 0.634. The van der Waals surface area contributed by atoms with Gasteiger partial charge < -0.3 is 14.2 Å². The third-order valence-electron chi connectivity index (χ3n) is 5.55. The summed E-state index contributed by atoms with van der Waals surface area (Å²) >= 11 is 0. The van der Waals surface area contributed by atoms with E-state index in [1.54, 1.807) is 19.2 Å². The smallest absolute Gasteiger partial charge is 0.168 e. The van der Waals surface area contributed by atoms with Gasteiger partial charge in [-0.15, -0.1) is 0 Å². The highest BCUT2D eigenvalue weighted by Gasteiger charge is 2.30. The highest BCUT2D eigenvalue weighted by molar-refractivity contribution is 5.43. The van der Waals surface area contributed by atoms with Crippen molar-refractivity contribution in [3.63, 3.8) is 0 Å². The van der Waals surface area contributed by atoms with Crippen molar-refractivity contribution in [3.05, 3.63) is 41.0 Å². The molecule has 1 aromatic heterocycles. The number of rotatable bonds is 4. The van der Waals surface area contributed by atoms with Crippen molar-refractivity contribution < 1.29 is 18.6 Å². The van der Waals surface area contributed by atoms with Crippen molar-refractivity contribution in [2.24, 2.45) is 0 Å². The van der Waals surface area contributed by atoms with E-state index in [1.165, 1.54) is 18.4 Å². The van der Waals surface area contributed by atoms with Crippen LogP contribution in [-0.4, -0.2) is 30.6 Å². The van der Waals surface area contributed by atoms with Crippen LogP contribution in [0.15, 0.2) is 18.3 Å². The van der Waals surface area contributed by atoms with Crippen molar-refractivity contribution in [2.75, 3.05) is 20.8 Å². The fourth-order valence-corrected chi connectivity index (χ4v) is 4.11. The summed E-state index contributed by atoms with van der Waals surface area (Å²) in [5, 5.41) is 4.59. The van der Waals surface area contributed by atoms with Gasteiger partial charge in [-0.3, -0.25) is 0 Å². The molecule has 26 heavy (non-hydrogen) atoms. The molecule has 2 unspecified atom stereocenters. The SMILES string of the molecule is COc1cc(OC)c(F)c(C2CCc3cnn(C4CCCCO4)c3C2)c1. The first-order valence-electron chi connectivity index (χ1n) is 9.29. The molecule has 2 atom stereocenters. The van der Waals surface area contributed by atoms with E-state index in [1.807, 2.05) is 10.9 Å². The van der Waals surface area contributed by atoms with Gasteiger partial charge in [-0.1, -0.05) is 0 Å². The summed E-state index contributed by atoms with van der Waals surface area (Å²) in [5.41, 5.74) is 3.09. The van der Waals surface area contributed by atoms with E-state index in [2.05, 4.69) is 5.10 Å². The minimum Gasteiger partial charge on any atom is -0.497 e. The number of fused-ring (bicyclic) bond motifs is 1. The normalized spacial score (nSPS) is 22.7. The predicted octanol–water partition coefficient (Wildman–Crippen LogP) is 4.01. The Morgan fingerprint density at radius 1 is 1.19 bits per heavy atom. The molecule has 0 spiro atoms. The number of aromatic nitrogens is 2. The van der Waals surface area contributed by atoms with Gasteiger partial charge in [-0.2, -0.15) is 5.10 Å². The molecule has 1 saturated heterocycles. The summed E-state index contributed by atoms with van der Waals surface area (Å²) in [6.07, 6.45) is 7.75. The second-order valence-electron chi connectivity index (χ2n) is 7.05. The van der Waals surface area contributed by atoms with Gasteiger partial charge in [0.25, 0.3) is 0 Å². The molecule has 2 aliphatic rings. The van der Waals surface area contributed by atoms with E-state index >= 15 is 0 Å². The Morgan fingerprint density at radius 2 is 2.08 bits per heavy atom. The van der Waals surface area contributed by atoms with Gasteiger partial charge in [0, 0.05) is 18.4 Å². The van der Waals surface area contributed by atoms with Crippen molar-refractivity contribution in [2.45, 2.75) is 50.7 Å². The zero-order chi connectivity index (χ0) is 18.1. The number of halogens is 1. The summed E-state index contributed by atoms with van der Waals surface area (Å²) in [6, 6.07) is 3.39. The Hall–Kier alpha value is -2.08. The van der Waals surface area contributed by atoms with Gasteiger partial charge in [0.15, 0.2) is 11.6 Å². The molecule has 0 amide bonds. The van der Waals surface area contributed by atoms with Crippen molar-refractivity contribution in [1.29, 1.82) is 0 Å². The van der Waals surface area contributed by atoms with Crippen LogP contribution in [0, 0.1) is 5.82 Å². The average molecular weight is 360 g/mol. The van der Waals surface area contributed by atoms with Crippen LogP contribution < -0.4 is 9.47 Å². The van der Waals surface area contributed by atoms with Crippen LogP contribution in [0.2, 0.25) is 0 Å². The standard InChI is InChI=1S/C20H25FN2O3/c1-24-15-10-16(20(21)18(11-15)25-2)13-6-7-14-12-22-23(17(14)9-13)19-5-3-4-8-26-19/h10-13,19H,3-9H2,1-2H3. The number of ether oxygens (including phenoxy) is 3. The Bertz CT molecular complexity index is 784. The predicted molar refractivity (Wildman–Crippen MR) is 95.3 cm³/mol. The maximum atomic E-state index is 14.9. The fraction of sp³-hybridized carbons (Fsp3) is 0.550. The Balaban J connectivity index is 1.65. The van der Waals surface area contributed by atoms with Crippen LogP contribution in [0.5, 0.6) is 11.5 Å². The average Bonchev–Trinajstić information content (AvgIpc) is 3.12. The molecule has 6 heteroatoms. The molecule has 0 radical (unpaired) electrons. The van der Waals surface area contributed by atoms with Crippen molar-refractivity contribution in [3.8, 4) is 11.5 Å². The third-order valence-corrected chi connectivity index (χ3v) is 5.55. The first kappa shape index (κ1) is 17.3. The molecule has 0 N–H and O–H groups in total. The van der Waals surface area contributed by atoms with E-state index < -0.39 is 0 Å². The molecule has 2 aromatic rings. The first-order chi connectivity index (χ1) is 12.7. The Kier molecular flexibility index (Phi) is 4.85. The number of aryl methyl sites for hydroxylation is 1. The molecule has 140 valence electrons. The zero-order valence-electron chi connectivity index (χ0n) is 15.3. The summed E-state index contributed by atoms with van der Waals surface area (Å²) in [4.78, 5) is 0. The Morgan fingerprint density at radius 3 is 2.81 bits per heavy atom. The second kappa shape index (κ2) is 7.27. The molecular weight excluding hydrogens is 335 g/mol. The van der Waals surface area contributed by atoms with Crippen LogP contribution in [0.1, 0.15) is 54.6 Å². The minimum atomic E-state index is -0.290. The minimum absolute atomic E-state index is 0.0101. The van der Waals surface area contributed by atoms with Gasteiger partial charge >= 0.3 is 0 Å². The number of benzene rings is 1. The van der Waals surface area contributed by atoms with E-state index in [0.29, 0.717) is 11.3 Å². The molecule has 1 fully saturated rings. The molecule has 2 heterocycles. The molecule has 0 bridgehead atoms. The van der Waals surface area contributed by atoms with Gasteiger partial charge in [-0.25, -0.2) is 9.07 Å². The van der Waals surface area contributed by atoms with E-state index in [9.17, 15) is 4.39 Å². The zero-order valence-corrected chi connectivity index (χ0v) is 15.3. The molecule has 1 aliphatic heterocycles. The van der Waals surface area contributed by atoms with Crippen LogP contribution in [0.4, 0.5) is 4.39 Å². The lowest BCUT2D eigenvalue weighted by Crippen LogP contribution is -2.24. The maximum absolute atomic E-state index is 14.9. The van der Waals surface area contributed by atoms with Crippen LogP contribution in [-0.2, 0) is 17.6 Å². The van der Waals surface area contributed by atoms with Gasteiger partial charge in [0.1, 0.15) is 12.0 Å². The second-order valence-corrected chi connectivity index (χ2v) is 7.05. The maximum Gasteiger partial charge on any atom is 0.168 e. The van der Waals surface area contributed by atoms with Crippen molar-refractivity contribution in [1.82, 2.24) is 9.78 Å². The molecule has 1 aliphatic carbocycles. The molecular formula is C20H25FN2O3. The lowest BCUT2D eigenvalue weighted by atomic mass is 9.82. The van der Waals surface area contributed by atoms with Crippen molar-refractivity contribution >= 4 is 0 Å². The Labute approximate surface area is 153 Å². The summed E-state index contributed by atoms with van der Waals surface area (Å²) < 4.78 is 33.4. The summed E-state index contributed by atoms with van der Waals surface area (Å²) in [6.45, 7) is 0.782. The third kappa shape index (κ3) is 3.07. The van der Waals surface area contributed by atoms with Gasteiger partial charge in [-0.05, 0) is 61.6 Å². The first-order valence-corrected chi connectivity index (χ1v) is 9.29. The molecule has 1 aromatic carbocycles. The number of nitrogens with zero attached hydrogens (tertiary/aromatic N) is 2. The molecule has 0 saturated carbocycles. The topological polar surface area (TPSA) is 45.5 Å². The van der Waals surface area contributed by atoms with Crippen LogP contribution >= 0.6 is 0 Å². The van der Waals surface area contributed by atoms with Crippen LogP contribution in [0.25, 0.3) is 0 Å². The quantitative estimate of drug-likeness (QED) is 0.826. The van der Waals surface area contributed by atoms with Crippen LogP contribution in [0.3, 0.4) is 0 Å². The summed E-state index contributed by atoms with van der Waals surface area (Å²) in [7, 11) is 3.07. The number of hydrogen-bond acceptors (Lipinski definition) is 4. The number of methoxy groups -OCH3 is 2. The van der Waals surface area contributed by atoms with E-state index in [-0.39, 0.29) is 23.7 Å². The lowest BCUT2D eigenvalue weighted by molar-refractivity contribution is -0.0414. The number of hydrogen-bond donors (Lipinski definition) is 0. The highest BCUT2D eigenvalue weighted by Crippen LogP contribution is 2.39. The lowest BCUT2D eigenvalue weighted by Gasteiger charge is -2.29. The van der Waals surface area contributed by atoms with E-state index in [4.69, 9.17) is 14.2 Å². The largest absolute Gasteiger partial charge is 0.497 e. The monoisotopic (exact) mass is 360 g/mol. The highest BCUT2D eigenvalue weighted by atomic mass is 19.1. The molecule has 4 rings (SSSR count). The molecule has 5 nitrogen and oxygen atoms in total. The van der Waals surface area contributed by atoms with Gasteiger partial charge in [0.2, 0.25) is 0 Å².